The third-order valence-electron chi connectivity index (χ3n) is 12.2. The van der Waals surface area contributed by atoms with E-state index < -0.39 is 18.2 Å². The van der Waals surface area contributed by atoms with Crippen molar-refractivity contribution in [2.45, 2.75) is 309 Å². The fraction of sp³-hybridized carbons (Fsp3) is 0.961. The number of unbranched alkanes of at least 4 members (excludes halogenated alkanes) is 35. The van der Waals surface area contributed by atoms with Crippen LogP contribution in [-0.4, -0.2) is 46.9 Å². The van der Waals surface area contributed by atoms with Crippen molar-refractivity contribution in [1.29, 1.82) is 0 Å². The van der Waals surface area contributed by atoms with Crippen LogP contribution >= 0.6 is 0 Å². The van der Waals surface area contributed by atoms with Crippen LogP contribution in [0.5, 0.6) is 0 Å². The highest BCUT2D eigenvalue weighted by molar-refractivity contribution is 5.77. The van der Waals surface area contributed by atoms with Gasteiger partial charge in [-0.1, -0.05) is 252 Å². The van der Waals surface area contributed by atoms with Gasteiger partial charge in [0.1, 0.15) is 6.10 Å². The van der Waals surface area contributed by atoms with Crippen molar-refractivity contribution in [3.8, 4) is 0 Å². The van der Waals surface area contributed by atoms with Crippen molar-refractivity contribution in [2.24, 2.45) is 0 Å². The molecule has 0 rings (SSSR count). The van der Waals surface area contributed by atoms with Gasteiger partial charge in [0, 0.05) is 6.42 Å². The second kappa shape index (κ2) is 45.9. The lowest BCUT2D eigenvalue weighted by Gasteiger charge is -2.24. The lowest BCUT2D eigenvalue weighted by atomic mass is 10.0. The molecule has 0 aromatic heterocycles. The number of esters is 1. The summed E-state index contributed by atoms with van der Waals surface area (Å²) < 4.78 is 5.90. The van der Waals surface area contributed by atoms with Crippen LogP contribution in [0.2, 0.25) is 0 Å². The van der Waals surface area contributed by atoms with E-state index in [0.717, 1.165) is 38.5 Å². The fourth-order valence-corrected chi connectivity index (χ4v) is 8.26. The van der Waals surface area contributed by atoms with E-state index in [2.05, 4.69) is 26.1 Å². The van der Waals surface area contributed by atoms with E-state index in [9.17, 15) is 19.8 Å². The van der Waals surface area contributed by atoms with Crippen molar-refractivity contribution in [1.82, 2.24) is 5.32 Å². The summed E-state index contributed by atoms with van der Waals surface area (Å²) in [6.45, 7) is 6.48. The van der Waals surface area contributed by atoms with Crippen LogP contribution in [0.3, 0.4) is 0 Å². The van der Waals surface area contributed by atoms with E-state index >= 15 is 0 Å². The lowest BCUT2D eigenvalue weighted by Crippen LogP contribution is -2.46. The van der Waals surface area contributed by atoms with Crippen LogP contribution in [-0.2, 0) is 14.3 Å². The molecular weight excluding hydrogens is 707 g/mol. The largest absolute Gasteiger partial charge is 0.462 e. The molecule has 3 unspecified atom stereocenters. The number of aliphatic hydroxyl groups is 2. The van der Waals surface area contributed by atoms with Crippen molar-refractivity contribution in [3.05, 3.63) is 0 Å². The summed E-state index contributed by atoms with van der Waals surface area (Å²) in [5, 5.41) is 23.7. The standard InChI is InChI=1S/C51H101NO5/c1-4-7-10-13-16-18-20-22-24-25-26-27-29-31-34-37-40-43-49(54)48(46-53)52-50(55)45-47(42-39-36-33-15-12-9-6-3)57-51(56)44-41-38-35-32-30-28-23-21-19-17-14-11-8-5-2/h47-49,53-54H,4-46H2,1-3H3,(H,52,55). The Morgan fingerprint density at radius 1 is 0.439 bits per heavy atom. The van der Waals surface area contributed by atoms with E-state index in [1.807, 2.05) is 0 Å². The van der Waals surface area contributed by atoms with Gasteiger partial charge in [-0.2, -0.15) is 0 Å². The van der Waals surface area contributed by atoms with Crippen molar-refractivity contribution in [3.63, 3.8) is 0 Å². The molecule has 0 fully saturated rings. The monoisotopic (exact) mass is 808 g/mol. The molecule has 0 spiro atoms. The van der Waals surface area contributed by atoms with Gasteiger partial charge in [-0.25, -0.2) is 0 Å². The molecule has 0 radical (unpaired) electrons. The molecule has 340 valence electrons. The molecule has 0 aliphatic carbocycles. The summed E-state index contributed by atoms with van der Waals surface area (Å²) in [6.07, 6.45) is 48.9. The van der Waals surface area contributed by atoms with E-state index in [1.165, 1.54) is 205 Å². The molecule has 0 aliphatic rings. The van der Waals surface area contributed by atoms with E-state index in [1.54, 1.807) is 0 Å². The quantitative estimate of drug-likeness (QED) is 0.0420. The molecule has 6 heteroatoms. The minimum atomic E-state index is -0.778. The van der Waals surface area contributed by atoms with Crippen LogP contribution in [0.25, 0.3) is 0 Å². The van der Waals surface area contributed by atoms with Crippen LogP contribution in [0.15, 0.2) is 0 Å². The summed E-state index contributed by atoms with van der Waals surface area (Å²) >= 11 is 0. The first-order valence-electron chi connectivity index (χ1n) is 25.8. The normalized spacial score (nSPS) is 13.1. The zero-order valence-electron chi connectivity index (χ0n) is 38.8. The first-order valence-corrected chi connectivity index (χ1v) is 25.8. The molecule has 0 aromatic rings. The zero-order valence-corrected chi connectivity index (χ0v) is 38.8. The first-order chi connectivity index (χ1) is 28.0. The lowest BCUT2D eigenvalue weighted by molar-refractivity contribution is -0.151. The third kappa shape index (κ3) is 41.4. The van der Waals surface area contributed by atoms with Crippen LogP contribution in [0, 0.1) is 0 Å². The highest BCUT2D eigenvalue weighted by Crippen LogP contribution is 2.18. The highest BCUT2D eigenvalue weighted by Gasteiger charge is 2.24. The minimum Gasteiger partial charge on any atom is -0.462 e. The average Bonchev–Trinajstić information content (AvgIpc) is 3.20. The van der Waals surface area contributed by atoms with Crippen LogP contribution < -0.4 is 5.32 Å². The summed E-state index contributed by atoms with van der Waals surface area (Å²) in [4.78, 5) is 26.0. The topological polar surface area (TPSA) is 95.9 Å². The SMILES string of the molecule is CCCCCCCCCCCCCCCCCCCC(O)C(CO)NC(=O)CC(CCCCCCCCC)OC(=O)CCCCCCCCCCCCCCCC. The maximum absolute atomic E-state index is 13.1. The summed E-state index contributed by atoms with van der Waals surface area (Å²) in [6, 6.07) is -0.691. The number of carbonyl (C=O) groups excluding carboxylic acids is 2. The number of aliphatic hydroxyl groups excluding tert-OH is 2. The Labute approximate surface area is 356 Å². The smallest absolute Gasteiger partial charge is 0.306 e. The predicted octanol–water partition coefficient (Wildman–Crippen LogP) is 15.2. The number of hydrogen-bond acceptors (Lipinski definition) is 5. The van der Waals surface area contributed by atoms with Crippen molar-refractivity contribution < 1.29 is 24.5 Å². The van der Waals surface area contributed by atoms with Crippen molar-refractivity contribution in [2.75, 3.05) is 6.61 Å². The number of ether oxygens (including phenoxy) is 1. The predicted molar refractivity (Wildman–Crippen MR) is 246 cm³/mol. The van der Waals surface area contributed by atoms with E-state index in [0.29, 0.717) is 19.3 Å². The molecule has 0 saturated carbocycles. The zero-order chi connectivity index (χ0) is 41.7. The minimum absolute atomic E-state index is 0.0860. The van der Waals surface area contributed by atoms with Gasteiger partial charge in [-0.15, -0.1) is 0 Å². The molecule has 6 nitrogen and oxygen atoms in total. The van der Waals surface area contributed by atoms with Crippen LogP contribution in [0.4, 0.5) is 0 Å². The Morgan fingerprint density at radius 2 is 0.737 bits per heavy atom. The average molecular weight is 808 g/mol. The van der Waals surface area contributed by atoms with Gasteiger partial charge in [0.25, 0.3) is 0 Å². The summed E-state index contributed by atoms with van der Waals surface area (Å²) in [5.74, 6) is -0.458. The molecule has 3 N–H and O–H groups in total. The van der Waals surface area contributed by atoms with E-state index in [-0.39, 0.29) is 24.9 Å². The molecule has 3 atom stereocenters. The van der Waals surface area contributed by atoms with Gasteiger partial charge in [-0.05, 0) is 25.7 Å². The van der Waals surface area contributed by atoms with Gasteiger partial charge in [0.2, 0.25) is 5.91 Å². The summed E-state index contributed by atoms with van der Waals surface area (Å²) in [5.41, 5.74) is 0. The number of carbonyl (C=O) groups is 2. The molecular formula is C51H101NO5. The second-order valence-corrected chi connectivity index (χ2v) is 17.9. The molecule has 0 aliphatic heterocycles. The Kier molecular flexibility index (Phi) is 45.0. The molecule has 0 bridgehead atoms. The van der Waals surface area contributed by atoms with Gasteiger partial charge < -0.3 is 20.3 Å². The Bertz CT molecular complexity index is 821. The first kappa shape index (κ1) is 55.9. The van der Waals surface area contributed by atoms with Crippen LogP contribution in [0.1, 0.15) is 290 Å². The van der Waals surface area contributed by atoms with Crippen molar-refractivity contribution >= 4 is 11.9 Å². The number of hydrogen-bond donors (Lipinski definition) is 3. The van der Waals surface area contributed by atoms with Gasteiger partial charge in [-0.3, -0.25) is 9.59 Å². The molecule has 1 amide bonds. The molecule has 0 saturated heterocycles. The fourth-order valence-electron chi connectivity index (χ4n) is 8.26. The Morgan fingerprint density at radius 3 is 1.07 bits per heavy atom. The highest BCUT2D eigenvalue weighted by atomic mass is 16.5. The molecule has 0 heterocycles. The van der Waals surface area contributed by atoms with Gasteiger partial charge in [0.15, 0.2) is 0 Å². The maximum Gasteiger partial charge on any atom is 0.306 e. The number of nitrogens with one attached hydrogen (secondary N) is 1. The van der Waals surface area contributed by atoms with Gasteiger partial charge >= 0.3 is 5.97 Å². The number of amides is 1. The maximum atomic E-state index is 13.1. The molecule has 0 aromatic carbocycles. The van der Waals surface area contributed by atoms with Gasteiger partial charge in [0.05, 0.1) is 25.2 Å². The summed E-state index contributed by atoms with van der Waals surface area (Å²) in [7, 11) is 0. The second-order valence-electron chi connectivity index (χ2n) is 17.9. The third-order valence-corrected chi connectivity index (χ3v) is 12.2. The Balaban J connectivity index is 4.29. The Hall–Kier alpha value is -1.14. The van der Waals surface area contributed by atoms with E-state index in [4.69, 9.17) is 4.74 Å². The molecule has 57 heavy (non-hydrogen) atoms. The number of rotatable bonds is 47.